The number of rotatable bonds is 10. The predicted molar refractivity (Wildman–Crippen MR) is 106 cm³/mol. The second-order valence-electron chi connectivity index (χ2n) is 6.63. The molecule has 148 valence electrons. The zero-order valence-electron chi connectivity index (χ0n) is 15.9. The first-order valence-corrected chi connectivity index (χ1v) is 9.63. The molecule has 8 nitrogen and oxygen atoms in total. The van der Waals surface area contributed by atoms with Gasteiger partial charge < -0.3 is 15.5 Å². The number of nitro benzene ring substituents is 1. The number of unbranched alkanes of at least 4 members (excludes halogenated alkanes) is 1. The van der Waals surface area contributed by atoms with Crippen LogP contribution in [0.15, 0.2) is 29.3 Å². The van der Waals surface area contributed by atoms with Gasteiger partial charge in [-0.1, -0.05) is 25.5 Å². The SMILES string of the molecule is CCCCNC(=NCc1ccc([N+](=O)[O-])cc1)NCCCN1CCCC1=O. The maximum Gasteiger partial charge on any atom is 0.269 e. The minimum absolute atomic E-state index is 0.0820. The Morgan fingerprint density at radius 2 is 1.93 bits per heavy atom. The van der Waals surface area contributed by atoms with E-state index in [2.05, 4.69) is 22.5 Å². The molecule has 0 aromatic heterocycles. The van der Waals surface area contributed by atoms with Crippen LogP contribution in [0.1, 0.15) is 44.6 Å². The molecule has 1 heterocycles. The minimum Gasteiger partial charge on any atom is -0.356 e. The molecule has 0 spiro atoms. The van der Waals surface area contributed by atoms with Gasteiger partial charge in [-0.15, -0.1) is 0 Å². The number of likely N-dealkylation sites (tertiary alicyclic amines) is 1. The largest absolute Gasteiger partial charge is 0.356 e. The second kappa shape index (κ2) is 11.2. The van der Waals surface area contributed by atoms with E-state index < -0.39 is 4.92 Å². The van der Waals surface area contributed by atoms with Crippen molar-refractivity contribution in [3.05, 3.63) is 39.9 Å². The number of nitrogens with zero attached hydrogens (tertiary/aromatic N) is 3. The van der Waals surface area contributed by atoms with Crippen molar-refractivity contribution >= 4 is 17.6 Å². The topological polar surface area (TPSA) is 99.9 Å². The summed E-state index contributed by atoms with van der Waals surface area (Å²) < 4.78 is 0. The molecule has 1 amide bonds. The second-order valence-corrected chi connectivity index (χ2v) is 6.63. The lowest BCUT2D eigenvalue weighted by atomic mass is 10.2. The Hall–Kier alpha value is -2.64. The highest BCUT2D eigenvalue weighted by atomic mass is 16.6. The average molecular weight is 375 g/mol. The number of guanidine groups is 1. The first-order chi connectivity index (χ1) is 13.1. The minimum atomic E-state index is -0.405. The highest BCUT2D eigenvalue weighted by Gasteiger charge is 2.18. The summed E-state index contributed by atoms with van der Waals surface area (Å²) in [5.41, 5.74) is 0.999. The van der Waals surface area contributed by atoms with E-state index in [0.29, 0.717) is 13.0 Å². The van der Waals surface area contributed by atoms with E-state index in [1.54, 1.807) is 12.1 Å². The molecular formula is C19H29N5O3. The van der Waals surface area contributed by atoms with Crippen molar-refractivity contribution in [3.63, 3.8) is 0 Å². The zero-order valence-corrected chi connectivity index (χ0v) is 15.9. The Kier molecular flexibility index (Phi) is 8.54. The monoisotopic (exact) mass is 375 g/mol. The quantitative estimate of drug-likeness (QED) is 0.215. The van der Waals surface area contributed by atoms with Crippen molar-refractivity contribution < 1.29 is 9.72 Å². The van der Waals surface area contributed by atoms with E-state index in [1.165, 1.54) is 12.1 Å². The van der Waals surface area contributed by atoms with E-state index in [0.717, 1.165) is 63.4 Å². The number of nitro groups is 1. The highest BCUT2D eigenvalue weighted by Crippen LogP contribution is 2.12. The lowest BCUT2D eigenvalue weighted by Gasteiger charge is -2.16. The average Bonchev–Trinajstić information content (AvgIpc) is 3.08. The van der Waals surface area contributed by atoms with Gasteiger partial charge in [0.1, 0.15) is 0 Å². The Balaban J connectivity index is 1.82. The van der Waals surface area contributed by atoms with Gasteiger partial charge in [0.15, 0.2) is 5.96 Å². The molecule has 1 aromatic rings. The van der Waals surface area contributed by atoms with Crippen LogP contribution in [0.4, 0.5) is 5.69 Å². The molecule has 0 atom stereocenters. The maximum atomic E-state index is 11.6. The molecule has 1 aliphatic rings. The summed E-state index contributed by atoms with van der Waals surface area (Å²) in [5, 5.41) is 17.3. The number of carbonyl (C=O) groups excluding carboxylic acids is 1. The van der Waals surface area contributed by atoms with Gasteiger partial charge in [-0.2, -0.15) is 0 Å². The van der Waals surface area contributed by atoms with Gasteiger partial charge in [0.25, 0.3) is 5.69 Å². The smallest absolute Gasteiger partial charge is 0.269 e. The molecule has 0 unspecified atom stereocenters. The van der Waals surface area contributed by atoms with Crippen LogP contribution in [-0.4, -0.2) is 47.9 Å². The van der Waals surface area contributed by atoms with Crippen LogP contribution in [-0.2, 0) is 11.3 Å². The van der Waals surface area contributed by atoms with E-state index in [9.17, 15) is 14.9 Å². The van der Waals surface area contributed by atoms with Gasteiger partial charge in [0.05, 0.1) is 11.5 Å². The van der Waals surface area contributed by atoms with Crippen molar-refractivity contribution in [1.82, 2.24) is 15.5 Å². The third-order valence-corrected chi connectivity index (χ3v) is 4.46. The van der Waals surface area contributed by atoms with Crippen molar-refractivity contribution in [2.75, 3.05) is 26.2 Å². The number of hydrogen-bond acceptors (Lipinski definition) is 4. The molecule has 1 aliphatic heterocycles. The summed E-state index contributed by atoms with van der Waals surface area (Å²) in [4.78, 5) is 28.4. The molecule has 27 heavy (non-hydrogen) atoms. The summed E-state index contributed by atoms with van der Waals surface area (Å²) in [7, 11) is 0. The normalized spacial score (nSPS) is 14.5. The van der Waals surface area contributed by atoms with Crippen LogP contribution >= 0.6 is 0 Å². The molecule has 0 radical (unpaired) electrons. The molecule has 0 bridgehead atoms. The zero-order chi connectivity index (χ0) is 19.5. The maximum absolute atomic E-state index is 11.6. The third kappa shape index (κ3) is 7.24. The van der Waals surface area contributed by atoms with E-state index in [-0.39, 0.29) is 11.6 Å². The molecular weight excluding hydrogens is 346 g/mol. The van der Waals surface area contributed by atoms with Crippen molar-refractivity contribution in [1.29, 1.82) is 0 Å². The third-order valence-electron chi connectivity index (χ3n) is 4.46. The van der Waals surface area contributed by atoms with Crippen LogP contribution in [0.25, 0.3) is 0 Å². The number of benzene rings is 1. The number of aliphatic imine (C=N–C) groups is 1. The van der Waals surface area contributed by atoms with Crippen LogP contribution in [0.2, 0.25) is 0 Å². The Morgan fingerprint density at radius 1 is 1.22 bits per heavy atom. The summed E-state index contributed by atoms with van der Waals surface area (Å²) in [6.45, 7) is 5.81. The number of hydrogen-bond donors (Lipinski definition) is 2. The Bertz CT molecular complexity index is 645. The fourth-order valence-corrected chi connectivity index (χ4v) is 2.87. The van der Waals surface area contributed by atoms with Crippen molar-refractivity contribution in [3.8, 4) is 0 Å². The van der Waals surface area contributed by atoms with Gasteiger partial charge in [-0.3, -0.25) is 14.9 Å². The fourth-order valence-electron chi connectivity index (χ4n) is 2.87. The number of non-ortho nitro benzene ring substituents is 1. The standard InChI is InChI=1S/C19H29N5O3/c1-2-3-11-20-19(21-12-5-14-23-13-4-6-18(23)25)22-15-16-7-9-17(10-8-16)24(26)27/h7-10H,2-6,11-15H2,1H3,(H2,20,21,22). The van der Waals surface area contributed by atoms with Gasteiger partial charge >= 0.3 is 0 Å². The van der Waals surface area contributed by atoms with Crippen LogP contribution in [0.5, 0.6) is 0 Å². The van der Waals surface area contributed by atoms with E-state index in [4.69, 9.17) is 0 Å². The molecule has 0 saturated carbocycles. The molecule has 1 saturated heterocycles. The summed E-state index contributed by atoms with van der Waals surface area (Å²) in [5.74, 6) is 0.984. The van der Waals surface area contributed by atoms with Gasteiger partial charge in [-0.05, 0) is 24.8 Å². The predicted octanol–water partition coefficient (Wildman–Crippen LogP) is 2.44. The van der Waals surface area contributed by atoms with Crippen LogP contribution < -0.4 is 10.6 Å². The summed E-state index contributed by atoms with van der Waals surface area (Å²) in [6, 6.07) is 6.44. The lowest BCUT2D eigenvalue weighted by molar-refractivity contribution is -0.384. The van der Waals surface area contributed by atoms with E-state index in [1.807, 2.05) is 4.90 Å². The number of carbonyl (C=O) groups is 1. The van der Waals surface area contributed by atoms with Crippen LogP contribution in [0.3, 0.4) is 0 Å². The van der Waals surface area contributed by atoms with Gasteiger partial charge in [-0.25, -0.2) is 4.99 Å². The van der Waals surface area contributed by atoms with Crippen molar-refractivity contribution in [2.45, 2.75) is 45.6 Å². The first kappa shape index (κ1) is 20.7. The molecule has 8 heteroatoms. The Morgan fingerprint density at radius 3 is 2.52 bits per heavy atom. The molecule has 2 N–H and O–H groups in total. The molecule has 0 aliphatic carbocycles. The lowest BCUT2D eigenvalue weighted by Crippen LogP contribution is -2.39. The summed E-state index contributed by atoms with van der Waals surface area (Å²) in [6.07, 6.45) is 4.67. The van der Waals surface area contributed by atoms with Gasteiger partial charge in [0.2, 0.25) is 5.91 Å². The van der Waals surface area contributed by atoms with Crippen molar-refractivity contribution in [2.24, 2.45) is 4.99 Å². The van der Waals surface area contributed by atoms with Gasteiger partial charge in [0, 0.05) is 44.7 Å². The summed E-state index contributed by atoms with van der Waals surface area (Å²) >= 11 is 0. The first-order valence-electron chi connectivity index (χ1n) is 9.63. The Labute approximate surface area is 160 Å². The fraction of sp³-hybridized carbons (Fsp3) is 0.579. The molecule has 1 aromatic carbocycles. The highest BCUT2D eigenvalue weighted by molar-refractivity contribution is 5.80. The van der Waals surface area contributed by atoms with Crippen LogP contribution in [0, 0.1) is 10.1 Å². The molecule has 1 fully saturated rings. The molecule has 2 rings (SSSR count). The number of nitrogens with one attached hydrogen (secondary N) is 2. The number of amides is 1. The van der Waals surface area contributed by atoms with E-state index >= 15 is 0 Å².